The highest BCUT2D eigenvalue weighted by atomic mass is 32.2. The number of carbonyl (C=O) groups excluding carboxylic acids is 2. The third kappa shape index (κ3) is 5.26. The van der Waals surface area contributed by atoms with Crippen molar-refractivity contribution >= 4 is 21.8 Å². The minimum atomic E-state index is -3.86. The smallest absolute Gasteiger partial charge is 0.328 e. The number of fused-ring (bicyclic) bond motifs is 1. The van der Waals surface area contributed by atoms with Gasteiger partial charge < -0.3 is 10.0 Å². The number of aliphatic hydroxyl groups is 1. The van der Waals surface area contributed by atoms with Crippen LogP contribution in [0.1, 0.15) is 31.0 Å². The molecule has 3 heterocycles. The van der Waals surface area contributed by atoms with Gasteiger partial charge in [0.1, 0.15) is 0 Å². The van der Waals surface area contributed by atoms with E-state index in [0.717, 1.165) is 6.26 Å². The van der Waals surface area contributed by atoms with Crippen LogP contribution in [0, 0.1) is 23.7 Å². The Morgan fingerprint density at radius 2 is 2.09 bits per heavy atom. The number of aromatic nitrogens is 1. The Morgan fingerprint density at radius 3 is 2.71 bits per heavy atom. The zero-order chi connectivity index (χ0) is 25.1. The average molecular weight is 495 g/mol. The molecule has 3 rings (SSSR count). The molecule has 0 saturated carbocycles. The van der Waals surface area contributed by atoms with Gasteiger partial charge in [0.25, 0.3) is 5.91 Å². The van der Waals surface area contributed by atoms with Crippen molar-refractivity contribution in [3.05, 3.63) is 23.5 Å². The lowest BCUT2D eigenvalue weighted by Gasteiger charge is -2.27. The number of nitrogens with zero attached hydrogens (tertiary/aromatic N) is 3. The van der Waals surface area contributed by atoms with Gasteiger partial charge in [-0.15, -0.1) is 0 Å². The molecule has 34 heavy (non-hydrogen) atoms. The second-order valence-corrected chi connectivity index (χ2v) is 11.1. The molecule has 1 fully saturated rings. The lowest BCUT2D eigenvalue weighted by Crippen LogP contribution is -2.50. The molecule has 0 bridgehead atoms. The van der Waals surface area contributed by atoms with Crippen molar-refractivity contribution in [2.45, 2.75) is 36.7 Å². The normalized spacial score (nSPS) is 21.8. The van der Waals surface area contributed by atoms with Crippen molar-refractivity contribution < 1.29 is 32.7 Å². The van der Waals surface area contributed by atoms with Crippen LogP contribution in [0.15, 0.2) is 12.3 Å². The van der Waals surface area contributed by atoms with Crippen molar-refractivity contribution in [3.63, 3.8) is 0 Å². The van der Waals surface area contributed by atoms with Crippen LogP contribution in [0.3, 0.4) is 0 Å². The fourth-order valence-corrected chi connectivity index (χ4v) is 4.77. The molecule has 0 spiro atoms. The highest BCUT2D eigenvalue weighted by Crippen LogP contribution is 2.26. The molecule has 0 radical (unpaired) electrons. The lowest BCUT2D eigenvalue weighted by molar-refractivity contribution is -0.131. The first kappa shape index (κ1) is 25.7. The third-order valence-electron chi connectivity index (χ3n) is 6.26. The molecule has 2 aliphatic heterocycles. The Bertz CT molecular complexity index is 1210. The van der Waals surface area contributed by atoms with Gasteiger partial charge in [-0.1, -0.05) is 5.92 Å². The maximum atomic E-state index is 14.6. The van der Waals surface area contributed by atoms with E-state index >= 15 is 0 Å². The molecular weight excluding hydrogens is 467 g/mol. The second kappa shape index (κ2) is 9.76. The number of halogens is 1. The standard InChI is InChI=1S/C22H27FN4O6S/c1-21(19(29)24-31,34(2,32)33)7-10-26-15-18-13-17(14-27(18)20(26)30)5-3-4-6-22(23)8-9-25(16-22)11-12-28/h13-14,28,31H,7-12,15-16H2,1-2H3,(H,24,29). The molecular formula is C22H27FN4O6S. The summed E-state index contributed by atoms with van der Waals surface area (Å²) in [6, 6.07) is 1.29. The maximum Gasteiger partial charge on any atom is 0.328 e. The maximum absolute atomic E-state index is 14.6. The molecule has 2 amide bonds. The Balaban J connectivity index is 1.63. The molecule has 2 atom stereocenters. The number of rotatable bonds is 7. The molecule has 0 aromatic carbocycles. The largest absolute Gasteiger partial charge is 0.395 e. The molecule has 184 valence electrons. The van der Waals surface area contributed by atoms with Crippen LogP contribution >= 0.6 is 0 Å². The summed E-state index contributed by atoms with van der Waals surface area (Å²) in [5.74, 6) is 9.41. The van der Waals surface area contributed by atoms with Crippen molar-refractivity contribution in [1.29, 1.82) is 0 Å². The summed E-state index contributed by atoms with van der Waals surface area (Å²) in [7, 11) is -3.86. The van der Waals surface area contributed by atoms with E-state index in [-0.39, 0.29) is 39.1 Å². The van der Waals surface area contributed by atoms with Crippen LogP contribution in [0.25, 0.3) is 0 Å². The number of carbonyl (C=O) groups is 2. The molecule has 1 saturated heterocycles. The van der Waals surface area contributed by atoms with E-state index in [4.69, 9.17) is 10.3 Å². The van der Waals surface area contributed by atoms with Crippen molar-refractivity contribution in [3.8, 4) is 23.7 Å². The van der Waals surface area contributed by atoms with E-state index in [2.05, 4.69) is 23.7 Å². The molecule has 2 aliphatic rings. The van der Waals surface area contributed by atoms with Crippen molar-refractivity contribution in [2.75, 3.05) is 39.0 Å². The SMILES string of the molecule is CC(CCN1Cc2cc(C#CC#CC3(F)CCN(CCO)C3)cn2C1=O)(C(=O)NO)S(C)(=O)=O. The Labute approximate surface area is 197 Å². The van der Waals surface area contributed by atoms with E-state index in [0.29, 0.717) is 24.3 Å². The number of alkyl halides is 1. The zero-order valence-corrected chi connectivity index (χ0v) is 19.8. The molecule has 0 aliphatic carbocycles. The molecule has 10 nitrogen and oxygen atoms in total. The minimum Gasteiger partial charge on any atom is -0.395 e. The van der Waals surface area contributed by atoms with E-state index in [1.807, 2.05) is 0 Å². The van der Waals surface area contributed by atoms with Gasteiger partial charge in [-0.25, -0.2) is 23.1 Å². The Hall–Kier alpha value is -2.90. The van der Waals surface area contributed by atoms with Gasteiger partial charge in [0.05, 0.1) is 13.2 Å². The number of hydrogen-bond donors (Lipinski definition) is 3. The highest BCUT2D eigenvalue weighted by Gasteiger charge is 2.44. The fraction of sp³-hybridized carbons (Fsp3) is 0.545. The van der Waals surface area contributed by atoms with E-state index in [1.165, 1.54) is 28.1 Å². The van der Waals surface area contributed by atoms with Gasteiger partial charge in [0.15, 0.2) is 20.3 Å². The summed E-state index contributed by atoms with van der Waals surface area (Å²) in [6.45, 7) is 2.40. The topological polar surface area (TPSA) is 132 Å². The number of likely N-dealkylation sites (tertiary alicyclic amines) is 1. The second-order valence-electron chi connectivity index (χ2n) is 8.70. The summed E-state index contributed by atoms with van der Waals surface area (Å²) < 4.78 is 38.3. The monoisotopic (exact) mass is 494 g/mol. The average Bonchev–Trinajstić information content (AvgIpc) is 3.43. The van der Waals surface area contributed by atoms with Gasteiger partial charge in [-0.2, -0.15) is 0 Å². The minimum absolute atomic E-state index is 0.0180. The van der Waals surface area contributed by atoms with Crippen molar-refractivity contribution in [1.82, 2.24) is 19.8 Å². The highest BCUT2D eigenvalue weighted by molar-refractivity contribution is 7.92. The third-order valence-corrected chi connectivity index (χ3v) is 8.29. The predicted molar refractivity (Wildman–Crippen MR) is 120 cm³/mol. The quantitative estimate of drug-likeness (QED) is 0.270. The number of amides is 2. The number of aliphatic hydroxyl groups excluding tert-OH is 1. The van der Waals surface area contributed by atoms with E-state index in [9.17, 15) is 22.4 Å². The summed E-state index contributed by atoms with van der Waals surface area (Å²) >= 11 is 0. The van der Waals surface area contributed by atoms with E-state index < -0.39 is 32.2 Å². The molecule has 3 N–H and O–H groups in total. The number of nitrogens with one attached hydrogen (secondary N) is 1. The molecule has 12 heteroatoms. The first-order valence-corrected chi connectivity index (χ1v) is 12.5. The van der Waals surface area contributed by atoms with Gasteiger partial charge in [-0.3, -0.25) is 19.5 Å². The Morgan fingerprint density at radius 1 is 1.35 bits per heavy atom. The first-order chi connectivity index (χ1) is 15.9. The molecule has 1 aromatic rings. The number of hydrogen-bond acceptors (Lipinski definition) is 7. The van der Waals surface area contributed by atoms with Crippen LogP contribution in [0.2, 0.25) is 0 Å². The predicted octanol–water partition coefficient (Wildman–Crippen LogP) is -0.268. The van der Waals surface area contributed by atoms with Crippen molar-refractivity contribution in [2.24, 2.45) is 0 Å². The first-order valence-electron chi connectivity index (χ1n) is 10.6. The Kier molecular flexibility index (Phi) is 7.38. The van der Waals surface area contributed by atoms with Crippen LogP contribution in [0.4, 0.5) is 9.18 Å². The lowest BCUT2D eigenvalue weighted by atomic mass is 10.1. The van der Waals surface area contributed by atoms with Gasteiger partial charge in [-0.05, 0) is 37.2 Å². The summed E-state index contributed by atoms with van der Waals surface area (Å²) in [5.41, 5.74) is 0.884. The zero-order valence-electron chi connectivity index (χ0n) is 19.0. The van der Waals surface area contributed by atoms with Crippen LogP contribution in [-0.2, 0) is 21.2 Å². The number of sulfone groups is 1. The van der Waals surface area contributed by atoms with Gasteiger partial charge >= 0.3 is 6.03 Å². The summed E-state index contributed by atoms with van der Waals surface area (Å²) in [6.07, 6.45) is 2.48. The molecule has 1 aromatic heterocycles. The number of hydroxylamine groups is 1. The summed E-state index contributed by atoms with van der Waals surface area (Å²) in [4.78, 5) is 27.8. The summed E-state index contributed by atoms with van der Waals surface area (Å²) in [5, 5.41) is 17.9. The van der Waals surface area contributed by atoms with E-state index in [1.54, 1.807) is 11.0 Å². The van der Waals surface area contributed by atoms with Crippen LogP contribution in [-0.4, -0.2) is 94.5 Å². The van der Waals surface area contributed by atoms with Crippen LogP contribution in [0.5, 0.6) is 0 Å². The fourth-order valence-electron chi connectivity index (χ4n) is 3.93. The van der Waals surface area contributed by atoms with Crippen LogP contribution < -0.4 is 5.48 Å². The molecule has 2 unspecified atom stereocenters. The van der Waals surface area contributed by atoms with Gasteiger partial charge in [0.2, 0.25) is 0 Å². The van der Waals surface area contributed by atoms with Gasteiger partial charge in [0, 0.05) is 56.3 Å². The number of β-amino-alcohol motifs (C(OH)–C–C–N with tert-alkyl or cyclic N) is 1.